The molecular weight excluding hydrogens is 254 g/mol. The zero-order chi connectivity index (χ0) is 13.9. The molecule has 1 heterocycles. The van der Waals surface area contributed by atoms with Crippen LogP contribution in [0.25, 0.3) is 0 Å². The number of hydrogen-bond donors (Lipinski definition) is 1. The molecule has 7 nitrogen and oxygen atoms in total. The maximum Gasteiger partial charge on any atom is 0.411 e. The van der Waals surface area contributed by atoms with Crippen LogP contribution < -0.4 is 0 Å². The number of hydrogen-bond acceptors (Lipinski definition) is 4. The average molecular weight is 277 g/mol. The smallest absolute Gasteiger partial charge is 0.411 e. The fraction of sp³-hybridized carbons (Fsp3) is 0.833. The topological polar surface area (TPSA) is 108 Å². The van der Waals surface area contributed by atoms with Crippen LogP contribution in [0.5, 0.6) is 0 Å². The Labute approximate surface area is 112 Å². The Morgan fingerprint density at radius 2 is 1.95 bits per heavy atom. The first kappa shape index (κ1) is 17.7. The summed E-state index contributed by atoms with van der Waals surface area (Å²) in [4.78, 5) is 24.3. The summed E-state index contributed by atoms with van der Waals surface area (Å²) < 4.78 is 10.2. The number of ether oxygens (including phenoxy) is 2. The maximum absolute atomic E-state index is 11.9. The van der Waals surface area contributed by atoms with Gasteiger partial charge in [0.2, 0.25) is 0 Å². The highest BCUT2D eigenvalue weighted by Gasteiger charge is 2.41. The van der Waals surface area contributed by atoms with Crippen molar-refractivity contribution in [2.45, 2.75) is 38.8 Å². The Balaban J connectivity index is 0.00000324. The molecule has 1 rings (SSSR count). The third-order valence-corrected chi connectivity index (χ3v) is 2.70. The summed E-state index contributed by atoms with van der Waals surface area (Å²) in [5.41, 5.74) is -0.626. The van der Waals surface area contributed by atoms with Gasteiger partial charge in [0.25, 0.3) is 0 Å². The molecule has 0 aromatic carbocycles. The molecule has 19 heavy (non-hydrogen) atoms. The zero-order valence-corrected chi connectivity index (χ0v) is 11.8. The molecule has 0 saturated carbocycles. The summed E-state index contributed by atoms with van der Waals surface area (Å²) in [6, 6.07) is -0.819. The van der Waals surface area contributed by atoms with E-state index in [1.165, 1.54) is 4.90 Å². The largest absolute Gasteiger partial charge is 0.480 e. The highest BCUT2D eigenvalue weighted by Crippen LogP contribution is 2.25. The number of nitrogens with zero attached hydrogens (tertiary/aromatic N) is 1. The van der Waals surface area contributed by atoms with E-state index >= 15 is 0 Å². The highest BCUT2D eigenvalue weighted by molar-refractivity contribution is 5.81. The molecule has 0 bridgehead atoms. The molecular formula is C12H23NO6. The number of carbonyl (C=O) groups excluding carboxylic acids is 1. The van der Waals surface area contributed by atoms with Gasteiger partial charge in [-0.2, -0.15) is 0 Å². The van der Waals surface area contributed by atoms with Gasteiger partial charge in [0.1, 0.15) is 11.6 Å². The van der Waals surface area contributed by atoms with E-state index in [4.69, 9.17) is 14.6 Å². The Bertz CT molecular complexity index is 325. The predicted octanol–water partition coefficient (Wildman–Crippen LogP) is 0.518. The lowest BCUT2D eigenvalue weighted by Crippen LogP contribution is -2.43. The number of amides is 1. The van der Waals surface area contributed by atoms with E-state index in [9.17, 15) is 9.59 Å². The lowest BCUT2D eigenvalue weighted by molar-refractivity contribution is -0.142. The van der Waals surface area contributed by atoms with Crippen LogP contribution in [0.3, 0.4) is 0 Å². The predicted molar refractivity (Wildman–Crippen MR) is 68.0 cm³/mol. The number of likely N-dealkylation sites (tertiary alicyclic amines) is 1. The second-order valence-electron chi connectivity index (χ2n) is 5.54. The first-order valence-electron chi connectivity index (χ1n) is 5.96. The molecule has 0 unspecified atom stereocenters. The van der Waals surface area contributed by atoms with Crippen LogP contribution in [0.2, 0.25) is 0 Å². The minimum absolute atomic E-state index is 0. The van der Waals surface area contributed by atoms with Crippen LogP contribution in [0.4, 0.5) is 4.79 Å². The molecule has 1 saturated heterocycles. The third-order valence-electron chi connectivity index (χ3n) is 2.70. The van der Waals surface area contributed by atoms with Crippen molar-refractivity contribution in [1.29, 1.82) is 0 Å². The van der Waals surface area contributed by atoms with E-state index in [0.29, 0.717) is 19.6 Å². The van der Waals surface area contributed by atoms with Gasteiger partial charge in [-0.25, -0.2) is 9.59 Å². The van der Waals surface area contributed by atoms with Crippen LogP contribution in [0.15, 0.2) is 0 Å². The van der Waals surface area contributed by atoms with E-state index < -0.39 is 23.7 Å². The molecule has 0 aromatic heterocycles. The molecule has 112 valence electrons. The van der Waals surface area contributed by atoms with E-state index in [-0.39, 0.29) is 11.4 Å². The SMILES string of the molecule is COC[C@H]1C[C@@H](C(=O)O)N(C(=O)OC(C)(C)C)C1.O. The van der Waals surface area contributed by atoms with Crippen LogP contribution in [0, 0.1) is 5.92 Å². The standard InChI is InChI=1S/C12H21NO5.H2O/c1-12(2,3)18-11(16)13-6-8(7-17-4)5-9(13)10(14)15;/h8-9H,5-7H2,1-4H3,(H,14,15);1H2/t8-,9-;/m0./s1. The molecule has 1 fully saturated rings. The van der Waals surface area contributed by atoms with Gasteiger partial charge in [0.05, 0.1) is 6.61 Å². The first-order valence-corrected chi connectivity index (χ1v) is 5.96. The summed E-state index contributed by atoms with van der Waals surface area (Å²) in [5, 5.41) is 9.13. The van der Waals surface area contributed by atoms with Gasteiger partial charge in [-0.05, 0) is 27.2 Å². The van der Waals surface area contributed by atoms with Crippen LogP contribution in [-0.2, 0) is 14.3 Å². The minimum atomic E-state index is -1.00. The summed E-state index contributed by atoms with van der Waals surface area (Å²) in [5.74, 6) is -0.955. The summed E-state index contributed by atoms with van der Waals surface area (Å²) in [6.07, 6.45) is -0.170. The molecule has 0 aromatic rings. The monoisotopic (exact) mass is 277 g/mol. The Morgan fingerprint density at radius 3 is 2.37 bits per heavy atom. The minimum Gasteiger partial charge on any atom is -0.480 e. The Kier molecular flexibility index (Phi) is 6.24. The molecule has 2 atom stereocenters. The van der Waals surface area contributed by atoms with Gasteiger partial charge < -0.3 is 20.1 Å². The van der Waals surface area contributed by atoms with Crippen molar-refractivity contribution < 1.29 is 29.6 Å². The lowest BCUT2D eigenvalue weighted by atomic mass is 10.1. The quantitative estimate of drug-likeness (QED) is 0.809. The van der Waals surface area contributed by atoms with Crippen LogP contribution in [0.1, 0.15) is 27.2 Å². The van der Waals surface area contributed by atoms with Gasteiger partial charge in [-0.15, -0.1) is 0 Å². The van der Waals surface area contributed by atoms with Gasteiger partial charge in [-0.3, -0.25) is 4.90 Å². The molecule has 0 aliphatic carbocycles. The van der Waals surface area contributed by atoms with Crippen molar-refractivity contribution in [3.8, 4) is 0 Å². The van der Waals surface area contributed by atoms with Gasteiger partial charge in [0.15, 0.2) is 0 Å². The molecule has 7 heteroatoms. The van der Waals surface area contributed by atoms with Crippen LogP contribution >= 0.6 is 0 Å². The number of carboxylic acid groups (broad SMARTS) is 1. The Morgan fingerprint density at radius 1 is 1.37 bits per heavy atom. The van der Waals surface area contributed by atoms with E-state index in [1.807, 2.05) is 0 Å². The molecule has 3 N–H and O–H groups in total. The lowest BCUT2D eigenvalue weighted by Gasteiger charge is -2.26. The zero-order valence-electron chi connectivity index (χ0n) is 11.8. The van der Waals surface area contributed by atoms with Crippen molar-refractivity contribution in [3.05, 3.63) is 0 Å². The molecule has 1 aliphatic heterocycles. The normalized spacial score (nSPS) is 22.8. The number of methoxy groups -OCH3 is 1. The van der Waals surface area contributed by atoms with Crippen LogP contribution in [-0.4, -0.2) is 59.4 Å². The van der Waals surface area contributed by atoms with Crippen molar-refractivity contribution in [1.82, 2.24) is 4.90 Å². The molecule has 1 aliphatic rings. The summed E-state index contributed by atoms with van der Waals surface area (Å²) >= 11 is 0. The Hall–Kier alpha value is -1.34. The number of carbonyl (C=O) groups is 2. The first-order chi connectivity index (χ1) is 8.24. The second-order valence-corrected chi connectivity index (χ2v) is 5.54. The summed E-state index contributed by atoms with van der Waals surface area (Å²) in [7, 11) is 1.56. The van der Waals surface area contributed by atoms with Gasteiger partial charge >= 0.3 is 12.1 Å². The molecule has 0 spiro atoms. The number of rotatable bonds is 3. The van der Waals surface area contributed by atoms with Crippen molar-refractivity contribution in [3.63, 3.8) is 0 Å². The van der Waals surface area contributed by atoms with Crippen molar-refractivity contribution >= 4 is 12.1 Å². The van der Waals surface area contributed by atoms with E-state index in [1.54, 1.807) is 27.9 Å². The van der Waals surface area contributed by atoms with Gasteiger partial charge in [0, 0.05) is 19.6 Å². The van der Waals surface area contributed by atoms with Crippen molar-refractivity contribution in [2.24, 2.45) is 5.92 Å². The number of carboxylic acids is 1. The fourth-order valence-corrected chi connectivity index (χ4v) is 2.04. The van der Waals surface area contributed by atoms with Gasteiger partial charge in [-0.1, -0.05) is 0 Å². The molecule has 0 radical (unpaired) electrons. The maximum atomic E-state index is 11.9. The summed E-state index contributed by atoms with van der Waals surface area (Å²) in [6.45, 7) is 6.07. The second kappa shape index (κ2) is 6.72. The highest BCUT2D eigenvalue weighted by atomic mass is 16.6. The number of aliphatic carboxylic acids is 1. The average Bonchev–Trinajstić information content (AvgIpc) is 2.59. The fourth-order valence-electron chi connectivity index (χ4n) is 2.04. The third kappa shape index (κ3) is 5.04. The van der Waals surface area contributed by atoms with E-state index in [2.05, 4.69) is 0 Å². The van der Waals surface area contributed by atoms with E-state index in [0.717, 1.165) is 0 Å². The molecule has 1 amide bonds. The van der Waals surface area contributed by atoms with Crippen molar-refractivity contribution in [2.75, 3.05) is 20.3 Å².